The van der Waals surface area contributed by atoms with Gasteiger partial charge in [0.2, 0.25) is 5.91 Å². The van der Waals surface area contributed by atoms with Gasteiger partial charge in [0, 0.05) is 20.5 Å². The van der Waals surface area contributed by atoms with Gasteiger partial charge in [0.05, 0.1) is 10.6 Å². The van der Waals surface area contributed by atoms with Gasteiger partial charge in [-0.3, -0.25) is 4.79 Å². The van der Waals surface area contributed by atoms with Crippen LogP contribution < -0.4 is 0 Å². The predicted octanol–water partition coefficient (Wildman–Crippen LogP) is 0.644. The van der Waals surface area contributed by atoms with Gasteiger partial charge in [-0.05, 0) is 18.2 Å². The molecule has 0 saturated carbocycles. The smallest absolute Gasteiger partial charge is 0.223 e. The van der Waals surface area contributed by atoms with E-state index in [2.05, 4.69) is 0 Å². The van der Waals surface area contributed by atoms with Crippen LogP contribution in [0.2, 0.25) is 0 Å². The maximum absolute atomic E-state index is 11.8. The third-order valence-corrected chi connectivity index (χ3v) is 3.97. The zero-order valence-electron chi connectivity index (χ0n) is 9.75. The zero-order chi connectivity index (χ0) is 13.1. The minimum absolute atomic E-state index is 0.0315. The maximum Gasteiger partial charge on any atom is 0.223 e. The highest BCUT2D eigenvalue weighted by Crippen LogP contribution is 2.17. The Balaban J connectivity index is 2.80. The van der Waals surface area contributed by atoms with Crippen LogP contribution in [0, 0.1) is 0 Å². The van der Waals surface area contributed by atoms with Gasteiger partial charge in [-0.1, -0.05) is 6.07 Å². The molecule has 0 spiro atoms. The Hall–Kier alpha value is -1.56. The first kappa shape index (κ1) is 13.5. The molecule has 94 valence electrons. The van der Waals surface area contributed by atoms with Crippen molar-refractivity contribution in [3.05, 3.63) is 24.3 Å². The Morgan fingerprint density at radius 1 is 1.35 bits per heavy atom. The number of aromatic hydroxyl groups is 1. The fraction of sp³-hybridized carbons (Fsp3) is 0.364. The number of nitrogens with zero attached hydrogens (tertiary/aromatic N) is 1. The van der Waals surface area contributed by atoms with Crippen LogP contribution in [0.25, 0.3) is 0 Å². The van der Waals surface area contributed by atoms with Crippen molar-refractivity contribution < 1.29 is 18.3 Å². The van der Waals surface area contributed by atoms with E-state index in [-0.39, 0.29) is 28.7 Å². The molecule has 0 radical (unpaired) electrons. The number of sulfone groups is 1. The second-order valence-electron chi connectivity index (χ2n) is 3.85. The van der Waals surface area contributed by atoms with Crippen LogP contribution in [0.4, 0.5) is 0 Å². The van der Waals surface area contributed by atoms with Gasteiger partial charge in [0.1, 0.15) is 5.75 Å². The van der Waals surface area contributed by atoms with Gasteiger partial charge in [-0.15, -0.1) is 0 Å². The summed E-state index contributed by atoms with van der Waals surface area (Å²) in [5, 5.41) is 9.20. The Bertz CT molecular complexity index is 508. The van der Waals surface area contributed by atoms with Crippen LogP contribution in [0.5, 0.6) is 5.75 Å². The molecule has 1 aromatic rings. The first-order chi connectivity index (χ1) is 7.83. The summed E-state index contributed by atoms with van der Waals surface area (Å²) in [6.45, 7) is 0. The number of carbonyl (C=O) groups excluding carboxylic acids is 1. The molecule has 6 heteroatoms. The maximum atomic E-state index is 11.8. The molecule has 1 aromatic carbocycles. The Labute approximate surface area is 101 Å². The topological polar surface area (TPSA) is 74.7 Å². The molecule has 0 aliphatic heterocycles. The summed E-state index contributed by atoms with van der Waals surface area (Å²) in [4.78, 5) is 12.7. The van der Waals surface area contributed by atoms with Gasteiger partial charge in [0.25, 0.3) is 0 Å². The fourth-order valence-electron chi connectivity index (χ4n) is 1.24. The first-order valence-electron chi connectivity index (χ1n) is 5.05. The summed E-state index contributed by atoms with van der Waals surface area (Å²) in [5.41, 5.74) is 0. The number of phenols is 1. The molecule has 0 aliphatic rings. The third kappa shape index (κ3) is 3.74. The van der Waals surface area contributed by atoms with E-state index in [1.54, 1.807) is 14.1 Å². The Kier molecular flexibility index (Phi) is 4.11. The van der Waals surface area contributed by atoms with E-state index in [0.717, 1.165) is 0 Å². The summed E-state index contributed by atoms with van der Waals surface area (Å²) < 4.78 is 23.7. The van der Waals surface area contributed by atoms with E-state index in [1.807, 2.05) is 0 Å². The monoisotopic (exact) mass is 257 g/mol. The highest BCUT2D eigenvalue weighted by molar-refractivity contribution is 7.91. The third-order valence-electron chi connectivity index (χ3n) is 2.26. The van der Waals surface area contributed by atoms with Gasteiger partial charge in [-0.25, -0.2) is 8.42 Å². The predicted molar refractivity (Wildman–Crippen MR) is 63.5 cm³/mol. The van der Waals surface area contributed by atoms with E-state index in [9.17, 15) is 18.3 Å². The summed E-state index contributed by atoms with van der Waals surface area (Å²) in [5.74, 6) is -0.605. The van der Waals surface area contributed by atoms with Gasteiger partial charge < -0.3 is 10.0 Å². The standard InChI is InChI=1S/C11H15NO4S/c1-12(2)11(14)6-7-17(15,16)10-5-3-4-9(13)8-10/h3-5,8,13H,6-7H2,1-2H3. The molecule has 1 amide bonds. The number of amides is 1. The van der Waals surface area contributed by atoms with E-state index >= 15 is 0 Å². The van der Waals surface area contributed by atoms with E-state index in [4.69, 9.17) is 0 Å². The van der Waals surface area contributed by atoms with Crippen molar-refractivity contribution in [1.82, 2.24) is 4.90 Å². The molecule has 0 aliphatic carbocycles. The van der Waals surface area contributed by atoms with E-state index < -0.39 is 9.84 Å². The van der Waals surface area contributed by atoms with Gasteiger partial charge in [0.15, 0.2) is 9.84 Å². The van der Waals surface area contributed by atoms with Crippen molar-refractivity contribution in [2.24, 2.45) is 0 Å². The lowest BCUT2D eigenvalue weighted by Crippen LogP contribution is -2.24. The van der Waals surface area contributed by atoms with E-state index in [1.165, 1.54) is 29.2 Å². The van der Waals surface area contributed by atoms with Crippen molar-refractivity contribution in [2.75, 3.05) is 19.8 Å². The second-order valence-corrected chi connectivity index (χ2v) is 5.96. The van der Waals surface area contributed by atoms with Crippen LogP contribution in [0.15, 0.2) is 29.2 Å². The molecule has 1 rings (SSSR count). The van der Waals surface area contributed by atoms with Crippen molar-refractivity contribution in [1.29, 1.82) is 0 Å². The second kappa shape index (κ2) is 5.18. The number of phenolic OH excluding ortho intramolecular Hbond substituents is 1. The van der Waals surface area contributed by atoms with Crippen molar-refractivity contribution in [3.63, 3.8) is 0 Å². The summed E-state index contributed by atoms with van der Waals surface area (Å²) in [6, 6.07) is 5.42. The molecule has 0 unspecified atom stereocenters. The summed E-state index contributed by atoms with van der Waals surface area (Å²) >= 11 is 0. The highest BCUT2D eigenvalue weighted by Gasteiger charge is 2.17. The molecule has 1 N–H and O–H groups in total. The molecular weight excluding hydrogens is 242 g/mol. The fourth-order valence-corrected chi connectivity index (χ4v) is 2.51. The quantitative estimate of drug-likeness (QED) is 0.859. The van der Waals surface area contributed by atoms with Crippen molar-refractivity contribution in [3.8, 4) is 5.75 Å². The van der Waals surface area contributed by atoms with Gasteiger partial charge in [-0.2, -0.15) is 0 Å². The highest BCUT2D eigenvalue weighted by atomic mass is 32.2. The van der Waals surface area contributed by atoms with Crippen molar-refractivity contribution in [2.45, 2.75) is 11.3 Å². The summed E-state index contributed by atoms with van der Waals surface area (Å²) in [7, 11) is -0.373. The molecular formula is C11H15NO4S. The molecule has 0 fully saturated rings. The SMILES string of the molecule is CN(C)C(=O)CCS(=O)(=O)c1cccc(O)c1. The largest absolute Gasteiger partial charge is 0.508 e. The lowest BCUT2D eigenvalue weighted by molar-refractivity contribution is -0.128. The number of rotatable bonds is 4. The average Bonchev–Trinajstić information content (AvgIpc) is 2.26. The number of hydrogen-bond acceptors (Lipinski definition) is 4. The molecule has 0 saturated heterocycles. The number of benzene rings is 1. The van der Waals surface area contributed by atoms with Crippen LogP contribution in [0.3, 0.4) is 0 Å². The van der Waals surface area contributed by atoms with Crippen LogP contribution in [-0.2, 0) is 14.6 Å². The Morgan fingerprint density at radius 2 is 2.00 bits per heavy atom. The van der Waals surface area contributed by atoms with E-state index in [0.29, 0.717) is 0 Å². The first-order valence-corrected chi connectivity index (χ1v) is 6.70. The molecule has 17 heavy (non-hydrogen) atoms. The molecule has 0 heterocycles. The summed E-state index contributed by atoms with van der Waals surface area (Å²) in [6.07, 6.45) is -0.0645. The van der Waals surface area contributed by atoms with Gasteiger partial charge >= 0.3 is 0 Å². The number of carbonyl (C=O) groups is 1. The zero-order valence-corrected chi connectivity index (χ0v) is 10.6. The average molecular weight is 257 g/mol. The van der Waals surface area contributed by atoms with Crippen LogP contribution >= 0.6 is 0 Å². The normalized spacial score (nSPS) is 11.2. The Morgan fingerprint density at radius 3 is 2.53 bits per heavy atom. The van der Waals surface area contributed by atoms with Crippen molar-refractivity contribution >= 4 is 15.7 Å². The lowest BCUT2D eigenvalue weighted by atomic mass is 10.3. The minimum atomic E-state index is -3.52. The molecule has 0 atom stereocenters. The minimum Gasteiger partial charge on any atom is -0.508 e. The molecule has 0 aromatic heterocycles. The number of hydrogen-bond donors (Lipinski definition) is 1. The molecule has 5 nitrogen and oxygen atoms in total. The lowest BCUT2D eigenvalue weighted by Gasteiger charge is -2.10. The van der Waals surface area contributed by atoms with Crippen LogP contribution in [-0.4, -0.2) is 44.2 Å². The van der Waals surface area contributed by atoms with Crippen LogP contribution in [0.1, 0.15) is 6.42 Å². The molecule has 0 bridgehead atoms.